The number of hydrogen-bond acceptors (Lipinski definition) is 10. The van der Waals surface area contributed by atoms with Gasteiger partial charge in [0.05, 0.1) is 6.61 Å². The third-order valence-electron chi connectivity index (χ3n) is 5.74. The Bertz CT molecular complexity index is 945. The molecule has 0 radical (unpaired) electrons. The highest BCUT2D eigenvalue weighted by molar-refractivity contribution is 5.77. The minimum atomic E-state index is -1.51. The van der Waals surface area contributed by atoms with Crippen molar-refractivity contribution in [2.45, 2.75) is 55.6 Å². The van der Waals surface area contributed by atoms with Gasteiger partial charge in [-0.25, -0.2) is 0 Å². The zero-order chi connectivity index (χ0) is 25.4. The molecule has 1 aliphatic heterocycles. The van der Waals surface area contributed by atoms with E-state index >= 15 is 0 Å². The number of methoxy groups -OCH3 is 1. The molecule has 3 rings (SSSR count). The first-order valence-electron chi connectivity index (χ1n) is 11.3. The maximum atomic E-state index is 12.8. The number of hydrogen-bond donors (Lipinski definition) is 4. The fourth-order valence-corrected chi connectivity index (χ4v) is 3.84. The molecule has 1 fully saturated rings. The van der Waals surface area contributed by atoms with Crippen LogP contribution in [0.2, 0.25) is 0 Å². The molecule has 0 aliphatic carbocycles. The normalized spacial score (nSPS) is 25.9. The van der Waals surface area contributed by atoms with Crippen LogP contribution in [0.5, 0.6) is 0 Å². The van der Waals surface area contributed by atoms with Gasteiger partial charge in [0.1, 0.15) is 24.3 Å². The maximum absolute atomic E-state index is 12.8. The second-order valence-corrected chi connectivity index (χ2v) is 8.35. The lowest BCUT2D eigenvalue weighted by Gasteiger charge is -2.42. The predicted octanol–water partition coefficient (Wildman–Crippen LogP) is -0.325. The van der Waals surface area contributed by atoms with E-state index in [1.165, 1.54) is 7.11 Å². The zero-order valence-corrected chi connectivity index (χ0v) is 19.4. The minimum Gasteiger partial charge on any atom is -0.454 e. The number of carbonyl (C=O) groups is 2. The largest absolute Gasteiger partial charge is 0.454 e. The molecular formula is C25H32N2O8. The lowest BCUT2D eigenvalue weighted by atomic mass is 9.98. The summed E-state index contributed by atoms with van der Waals surface area (Å²) in [6, 6.07) is 16.2. The van der Waals surface area contributed by atoms with Crippen LogP contribution in [0.25, 0.3) is 0 Å². The van der Waals surface area contributed by atoms with Crippen molar-refractivity contribution in [3.05, 3.63) is 71.8 Å². The van der Waals surface area contributed by atoms with E-state index in [9.17, 15) is 19.8 Å². The SMILES string of the molecule is CO[C@H]1O[C@H](CO)[C@@H](O)[C@H](OC(=O)[C@@H](N)Cc2ccccc2)[C@H]1OC(=O)[C@@H](N)Cc1ccccc1. The van der Waals surface area contributed by atoms with Gasteiger partial charge in [-0.05, 0) is 24.0 Å². The first-order chi connectivity index (χ1) is 16.8. The number of carbonyl (C=O) groups excluding carboxylic acids is 2. The summed E-state index contributed by atoms with van der Waals surface area (Å²) < 4.78 is 21.8. The first kappa shape index (κ1) is 26.7. The quantitative estimate of drug-likeness (QED) is 0.326. The number of esters is 2. The molecule has 0 spiro atoms. The molecular weight excluding hydrogens is 456 g/mol. The van der Waals surface area contributed by atoms with Crippen LogP contribution in [0.1, 0.15) is 11.1 Å². The maximum Gasteiger partial charge on any atom is 0.323 e. The van der Waals surface area contributed by atoms with Gasteiger partial charge in [0.15, 0.2) is 18.5 Å². The standard InChI is InChI=1S/C25H32N2O8/c1-32-25-22(35-24(31)18(27)13-16-10-6-3-7-11-16)21(20(29)19(14-28)33-25)34-23(30)17(26)12-15-8-4-2-5-9-15/h2-11,17-22,25,28-29H,12-14,26-27H2,1H3/t17-,18-,19+,20+,21-,22+,25-/m0/s1. The van der Waals surface area contributed by atoms with Gasteiger partial charge in [0, 0.05) is 7.11 Å². The first-order valence-corrected chi connectivity index (χ1v) is 11.3. The average Bonchev–Trinajstić information content (AvgIpc) is 2.87. The third-order valence-corrected chi connectivity index (χ3v) is 5.74. The van der Waals surface area contributed by atoms with Gasteiger partial charge in [-0.15, -0.1) is 0 Å². The van der Waals surface area contributed by atoms with Crippen molar-refractivity contribution >= 4 is 11.9 Å². The van der Waals surface area contributed by atoms with Crippen LogP contribution in [0.3, 0.4) is 0 Å². The smallest absolute Gasteiger partial charge is 0.323 e. The summed E-state index contributed by atoms with van der Waals surface area (Å²) in [5, 5.41) is 20.4. The van der Waals surface area contributed by atoms with E-state index in [0.717, 1.165) is 11.1 Å². The molecule has 6 N–H and O–H groups in total. The molecule has 1 heterocycles. The predicted molar refractivity (Wildman–Crippen MR) is 125 cm³/mol. The molecule has 1 saturated heterocycles. The highest BCUT2D eigenvalue weighted by Gasteiger charge is 2.50. The Labute approximate surface area is 203 Å². The van der Waals surface area contributed by atoms with Gasteiger partial charge in [0.25, 0.3) is 0 Å². The van der Waals surface area contributed by atoms with Crippen molar-refractivity contribution in [3.63, 3.8) is 0 Å². The van der Waals surface area contributed by atoms with E-state index < -0.39 is 61.3 Å². The lowest BCUT2D eigenvalue weighted by Crippen LogP contribution is -2.62. The van der Waals surface area contributed by atoms with Gasteiger partial charge in [-0.2, -0.15) is 0 Å². The van der Waals surface area contributed by atoms with Crippen LogP contribution < -0.4 is 11.5 Å². The number of ether oxygens (including phenoxy) is 4. The molecule has 0 amide bonds. The Kier molecular flexibility index (Phi) is 9.73. The highest BCUT2D eigenvalue weighted by atomic mass is 16.7. The van der Waals surface area contributed by atoms with Crippen LogP contribution in [0.4, 0.5) is 0 Å². The van der Waals surface area contributed by atoms with Crippen LogP contribution in [-0.4, -0.2) is 78.7 Å². The Hall–Kier alpha value is -2.86. The van der Waals surface area contributed by atoms with Crippen LogP contribution in [0, 0.1) is 0 Å². The van der Waals surface area contributed by atoms with Gasteiger partial charge in [-0.3, -0.25) is 9.59 Å². The molecule has 10 nitrogen and oxygen atoms in total. The summed E-state index contributed by atoms with van der Waals surface area (Å²) in [4.78, 5) is 25.6. The van der Waals surface area contributed by atoms with Crippen molar-refractivity contribution in [3.8, 4) is 0 Å². The summed E-state index contributed by atoms with van der Waals surface area (Å²) >= 11 is 0. The molecule has 2 aromatic carbocycles. The molecule has 10 heteroatoms. The monoisotopic (exact) mass is 488 g/mol. The van der Waals surface area contributed by atoms with E-state index in [4.69, 9.17) is 30.4 Å². The van der Waals surface area contributed by atoms with Crippen molar-refractivity contribution in [1.29, 1.82) is 0 Å². The topological polar surface area (TPSA) is 164 Å². The summed E-state index contributed by atoms with van der Waals surface area (Å²) in [5.74, 6) is -1.62. The van der Waals surface area contributed by atoms with E-state index in [0.29, 0.717) is 0 Å². The minimum absolute atomic E-state index is 0.197. The molecule has 190 valence electrons. The number of nitrogens with two attached hydrogens (primary N) is 2. The number of aliphatic hydroxyl groups is 2. The lowest BCUT2D eigenvalue weighted by molar-refractivity contribution is -0.301. The Morgan fingerprint density at radius 2 is 1.34 bits per heavy atom. The van der Waals surface area contributed by atoms with Crippen LogP contribution in [-0.2, 0) is 41.4 Å². The number of rotatable bonds is 10. The fourth-order valence-electron chi connectivity index (χ4n) is 3.84. The number of aliphatic hydroxyl groups excluding tert-OH is 2. The van der Waals surface area contributed by atoms with E-state index in [1.54, 1.807) is 0 Å². The van der Waals surface area contributed by atoms with Crippen molar-refractivity contribution in [2.24, 2.45) is 11.5 Å². The molecule has 0 aromatic heterocycles. The molecule has 0 unspecified atom stereocenters. The van der Waals surface area contributed by atoms with E-state index in [2.05, 4.69) is 0 Å². The summed E-state index contributed by atoms with van der Waals surface area (Å²) in [5.41, 5.74) is 13.7. The second-order valence-electron chi connectivity index (χ2n) is 8.35. The summed E-state index contributed by atoms with van der Waals surface area (Å²) in [7, 11) is 1.29. The molecule has 0 bridgehead atoms. The third kappa shape index (κ3) is 7.07. The summed E-state index contributed by atoms with van der Waals surface area (Å²) in [6.07, 6.45) is -6.24. The van der Waals surface area contributed by atoms with Crippen molar-refractivity contribution < 1.29 is 38.7 Å². The summed E-state index contributed by atoms with van der Waals surface area (Å²) in [6.45, 7) is -0.584. The Morgan fingerprint density at radius 3 is 1.77 bits per heavy atom. The van der Waals surface area contributed by atoms with E-state index in [-0.39, 0.29) is 12.8 Å². The van der Waals surface area contributed by atoms with Gasteiger partial charge in [-0.1, -0.05) is 60.7 Å². The molecule has 2 aromatic rings. The Balaban J connectivity index is 1.73. The van der Waals surface area contributed by atoms with E-state index in [1.807, 2.05) is 60.7 Å². The van der Waals surface area contributed by atoms with Crippen LogP contribution >= 0.6 is 0 Å². The molecule has 35 heavy (non-hydrogen) atoms. The van der Waals surface area contributed by atoms with Gasteiger partial charge >= 0.3 is 11.9 Å². The van der Waals surface area contributed by atoms with Crippen molar-refractivity contribution in [2.75, 3.05) is 13.7 Å². The number of benzene rings is 2. The van der Waals surface area contributed by atoms with Crippen LogP contribution in [0.15, 0.2) is 60.7 Å². The highest BCUT2D eigenvalue weighted by Crippen LogP contribution is 2.27. The fraction of sp³-hybridized carbons (Fsp3) is 0.440. The molecule has 0 saturated carbocycles. The molecule has 1 aliphatic rings. The van der Waals surface area contributed by atoms with Gasteiger partial charge < -0.3 is 40.6 Å². The second kappa shape index (κ2) is 12.7. The molecule has 7 atom stereocenters. The van der Waals surface area contributed by atoms with Gasteiger partial charge in [0.2, 0.25) is 0 Å². The van der Waals surface area contributed by atoms with Crippen molar-refractivity contribution in [1.82, 2.24) is 0 Å². The average molecular weight is 489 g/mol. The zero-order valence-electron chi connectivity index (χ0n) is 19.4. The Morgan fingerprint density at radius 1 is 0.886 bits per heavy atom.